The van der Waals surface area contributed by atoms with Crippen molar-refractivity contribution in [2.75, 3.05) is 39.9 Å². The topological polar surface area (TPSA) is 24.5 Å². The van der Waals surface area contributed by atoms with Crippen molar-refractivity contribution in [1.29, 1.82) is 0 Å². The van der Waals surface area contributed by atoms with E-state index in [1.54, 1.807) is 0 Å². The Morgan fingerprint density at radius 1 is 1.33 bits per heavy atom. The Balaban J connectivity index is 1.95. The zero-order valence-electron chi connectivity index (χ0n) is 10.9. The maximum absolute atomic E-state index is 6.35. The van der Waals surface area contributed by atoms with E-state index < -0.39 is 0 Å². The Bertz CT molecular complexity index is 378. The molecule has 0 spiro atoms. The minimum atomic E-state index is 0.831. The van der Waals surface area contributed by atoms with Crippen LogP contribution < -0.4 is 5.32 Å². The van der Waals surface area contributed by atoms with Gasteiger partial charge in [0.2, 0.25) is 0 Å². The summed E-state index contributed by atoms with van der Waals surface area (Å²) in [6.07, 6.45) is 1.02. The largest absolute Gasteiger partial charge is 0.379 e. The average molecular weight is 269 g/mol. The summed E-state index contributed by atoms with van der Waals surface area (Å²) in [5.74, 6) is 0. The molecule has 100 valence electrons. The van der Waals surface area contributed by atoms with Crippen molar-refractivity contribution in [3.8, 4) is 0 Å². The number of nitrogens with zero attached hydrogens (tertiary/aromatic N) is 1. The second kappa shape index (κ2) is 7.10. The molecule has 1 aliphatic heterocycles. The van der Waals surface area contributed by atoms with Crippen LogP contribution in [0.25, 0.3) is 0 Å². The monoisotopic (exact) mass is 268 g/mol. The van der Waals surface area contributed by atoms with Gasteiger partial charge < -0.3 is 10.1 Å². The first kappa shape index (κ1) is 13.8. The highest BCUT2D eigenvalue weighted by atomic mass is 35.5. The van der Waals surface area contributed by atoms with Gasteiger partial charge in [0.1, 0.15) is 0 Å². The second-order valence-corrected chi connectivity index (χ2v) is 5.08. The molecule has 0 aromatic heterocycles. The van der Waals surface area contributed by atoms with Crippen LogP contribution in [-0.4, -0.2) is 44.8 Å². The molecule has 1 saturated heterocycles. The molecule has 1 fully saturated rings. The number of likely N-dealkylation sites (N-methyl/N-ethyl adjacent to an activating group) is 1. The van der Waals surface area contributed by atoms with Gasteiger partial charge in [-0.15, -0.1) is 0 Å². The molecule has 0 aliphatic carbocycles. The summed E-state index contributed by atoms with van der Waals surface area (Å²) in [4.78, 5) is 2.39. The van der Waals surface area contributed by atoms with E-state index in [1.165, 1.54) is 11.1 Å². The second-order valence-electron chi connectivity index (χ2n) is 4.67. The van der Waals surface area contributed by atoms with E-state index in [0.717, 1.165) is 50.8 Å². The van der Waals surface area contributed by atoms with Gasteiger partial charge in [0.25, 0.3) is 0 Å². The summed E-state index contributed by atoms with van der Waals surface area (Å²) < 4.78 is 5.35. The van der Waals surface area contributed by atoms with Crippen LogP contribution in [0.3, 0.4) is 0 Å². The molecule has 1 aromatic rings. The molecule has 2 rings (SSSR count). The van der Waals surface area contributed by atoms with Crippen LogP contribution in [0.2, 0.25) is 5.02 Å². The van der Waals surface area contributed by atoms with Crippen molar-refractivity contribution in [3.05, 3.63) is 34.3 Å². The quantitative estimate of drug-likeness (QED) is 0.883. The number of ether oxygens (including phenoxy) is 1. The fourth-order valence-corrected chi connectivity index (χ4v) is 2.41. The predicted octanol–water partition coefficient (Wildman–Crippen LogP) is 1.93. The van der Waals surface area contributed by atoms with Crippen molar-refractivity contribution in [2.24, 2.45) is 0 Å². The van der Waals surface area contributed by atoms with Crippen molar-refractivity contribution >= 4 is 11.6 Å². The molecule has 0 saturated carbocycles. The maximum atomic E-state index is 6.35. The lowest BCUT2D eigenvalue weighted by atomic mass is 10.1. The molecule has 1 heterocycles. The standard InChI is InChI=1S/C14H21ClN2O/c1-16-5-4-12-2-3-13(14(15)10-12)11-17-6-8-18-9-7-17/h2-3,10,16H,4-9,11H2,1H3. The number of halogens is 1. The summed E-state index contributed by atoms with van der Waals surface area (Å²) in [5, 5.41) is 4.04. The predicted molar refractivity (Wildman–Crippen MR) is 75.2 cm³/mol. The Labute approximate surface area is 114 Å². The van der Waals surface area contributed by atoms with E-state index in [-0.39, 0.29) is 0 Å². The molecular formula is C14H21ClN2O. The molecule has 1 aromatic carbocycles. The van der Waals surface area contributed by atoms with Gasteiger partial charge in [-0.2, -0.15) is 0 Å². The van der Waals surface area contributed by atoms with Crippen LogP contribution in [0.5, 0.6) is 0 Å². The van der Waals surface area contributed by atoms with Gasteiger partial charge >= 0.3 is 0 Å². The van der Waals surface area contributed by atoms with Gasteiger partial charge in [0.15, 0.2) is 0 Å². The van der Waals surface area contributed by atoms with E-state index in [9.17, 15) is 0 Å². The minimum Gasteiger partial charge on any atom is -0.379 e. The Morgan fingerprint density at radius 2 is 2.11 bits per heavy atom. The molecule has 0 bridgehead atoms. The molecule has 1 N–H and O–H groups in total. The van der Waals surface area contributed by atoms with E-state index in [2.05, 4.69) is 28.4 Å². The molecule has 0 radical (unpaired) electrons. The van der Waals surface area contributed by atoms with Crippen LogP contribution >= 0.6 is 11.6 Å². The average Bonchev–Trinajstić information content (AvgIpc) is 2.40. The van der Waals surface area contributed by atoms with Crippen LogP contribution in [0.15, 0.2) is 18.2 Å². The van der Waals surface area contributed by atoms with Crippen LogP contribution in [0.1, 0.15) is 11.1 Å². The van der Waals surface area contributed by atoms with Crippen LogP contribution in [0.4, 0.5) is 0 Å². The SMILES string of the molecule is CNCCc1ccc(CN2CCOCC2)c(Cl)c1. The Morgan fingerprint density at radius 3 is 2.78 bits per heavy atom. The van der Waals surface area contributed by atoms with Gasteiger partial charge in [-0.25, -0.2) is 0 Å². The first-order valence-electron chi connectivity index (χ1n) is 6.51. The lowest BCUT2D eigenvalue weighted by Gasteiger charge is -2.27. The molecule has 0 amide bonds. The zero-order chi connectivity index (χ0) is 12.8. The number of hydrogen-bond acceptors (Lipinski definition) is 3. The molecular weight excluding hydrogens is 248 g/mol. The summed E-state index contributed by atoms with van der Waals surface area (Å²) >= 11 is 6.35. The van der Waals surface area contributed by atoms with Gasteiger partial charge in [-0.1, -0.05) is 23.7 Å². The van der Waals surface area contributed by atoms with E-state index in [1.807, 2.05) is 7.05 Å². The zero-order valence-corrected chi connectivity index (χ0v) is 11.7. The van der Waals surface area contributed by atoms with Crippen LogP contribution in [0, 0.1) is 0 Å². The van der Waals surface area contributed by atoms with Gasteiger partial charge in [0, 0.05) is 24.7 Å². The maximum Gasteiger partial charge on any atom is 0.0594 e. The summed E-state index contributed by atoms with van der Waals surface area (Å²) in [6, 6.07) is 6.43. The van der Waals surface area contributed by atoms with Gasteiger partial charge in [-0.3, -0.25) is 4.90 Å². The van der Waals surface area contributed by atoms with Crippen molar-refractivity contribution in [2.45, 2.75) is 13.0 Å². The van der Waals surface area contributed by atoms with E-state index >= 15 is 0 Å². The highest BCUT2D eigenvalue weighted by Gasteiger charge is 2.12. The van der Waals surface area contributed by atoms with Crippen molar-refractivity contribution in [3.63, 3.8) is 0 Å². The molecule has 18 heavy (non-hydrogen) atoms. The summed E-state index contributed by atoms with van der Waals surface area (Å²) in [6.45, 7) is 5.57. The molecule has 4 heteroatoms. The Kier molecular flexibility index (Phi) is 5.45. The third kappa shape index (κ3) is 3.95. The summed E-state index contributed by atoms with van der Waals surface area (Å²) in [5.41, 5.74) is 2.51. The third-order valence-corrected chi connectivity index (χ3v) is 3.63. The molecule has 0 unspecified atom stereocenters. The normalized spacial score (nSPS) is 17.0. The van der Waals surface area contributed by atoms with Crippen molar-refractivity contribution in [1.82, 2.24) is 10.2 Å². The number of hydrogen-bond donors (Lipinski definition) is 1. The third-order valence-electron chi connectivity index (χ3n) is 3.28. The first-order valence-corrected chi connectivity index (χ1v) is 6.89. The molecule has 1 aliphatic rings. The highest BCUT2D eigenvalue weighted by Crippen LogP contribution is 2.20. The lowest BCUT2D eigenvalue weighted by Crippen LogP contribution is -2.35. The smallest absolute Gasteiger partial charge is 0.0594 e. The molecule has 3 nitrogen and oxygen atoms in total. The fourth-order valence-electron chi connectivity index (χ4n) is 2.14. The van der Waals surface area contributed by atoms with E-state index in [4.69, 9.17) is 16.3 Å². The van der Waals surface area contributed by atoms with Gasteiger partial charge in [0.05, 0.1) is 13.2 Å². The highest BCUT2D eigenvalue weighted by molar-refractivity contribution is 6.31. The fraction of sp³-hybridized carbons (Fsp3) is 0.571. The first-order chi connectivity index (χ1) is 8.79. The van der Waals surface area contributed by atoms with E-state index in [0.29, 0.717) is 0 Å². The van der Waals surface area contributed by atoms with Crippen LogP contribution in [-0.2, 0) is 17.7 Å². The number of nitrogens with one attached hydrogen (secondary N) is 1. The number of rotatable bonds is 5. The number of benzene rings is 1. The summed E-state index contributed by atoms with van der Waals surface area (Å²) in [7, 11) is 1.97. The van der Waals surface area contributed by atoms with Gasteiger partial charge in [-0.05, 0) is 37.2 Å². The van der Waals surface area contributed by atoms with Crippen molar-refractivity contribution < 1.29 is 4.74 Å². The lowest BCUT2D eigenvalue weighted by molar-refractivity contribution is 0.0342. The Hall–Kier alpha value is -0.610. The molecule has 0 atom stereocenters. The number of morpholine rings is 1. The minimum absolute atomic E-state index is 0.831.